The van der Waals surface area contributed by atoms with Crippen molar-refractivity contribution in [2.75, 3.05) is 13.7 Å². The van der Waals surface area contributed by atoms with Crippen molar-refractivity contribution in [3.8, 4) is 11.1 Å². The van der Waals surface area contributed by atoms with Gasteiger partial charge in [0, 0.05) is 35.1 Å². The van der Waals surface area contributed by atoms with E-state index in [0.29, 0.717) is 46.6 Å². The third-order valence-corrected chi connectivity index (χ3v) is 7.40. The van der Waals surface area contributed by atoms with Gasteiger partial charge < -0.3 is 14.6 Å². The normalized spacial score (nSPS) is 16.3. The van der Waals surface area contributed by atoms with Crippen molar-refractivity contribution < 1.29 is 5.11 Å². The molecule has 1 aromatic heterocycles. The number of rotatable bonds is 4. The molecule has 0 amide bonds. The van der Waals surface area contributed by atoms with Crippen molar-refractivity contribution in [1.29, 1.82) is 0 Å². The summed E-state index contributed by atoms with van der Waals surface area (Å²) < 4.78 is 1.82. The molecule has 0 fully saturated rings. The van der Waals surface area contributed by atoms with Crippen LogP contribution in [0.5, 0.6) is 0 Å². The van der Waals surface area contributed by atoms with Crippen molar-refractivity contribution in [3.05, 3.63) is 104 Å². The number of halogens is 2. The van der Waals surface area contributed by atoms with Gasteiger partial charge in [0.25, 0.3) is 5.56 Å². The van der Waals surface area contributed by atoms with Crippen LogP contribution in [-0.4, -0.2) is 34.1 Å². The van der Waals surface area contributed by atoms with Gasteiger partial charge in [-0.1, -0.05) is 47.5 Å². The number of hydrogen-bond acceptors (Lipinski definition) is 5. The zero-order chi connectivity index (χ0) is 24.3. The molecule has 0 radical (unpaired) electrons. The van der Waals surface area contributed by atoms with E-state index in [1.165, 1.54) is 0 Å². The van der Waals surface area contributed by atoms with Crippen LogP contribution in [-0.2, 0) is 18.6 Å². The molecule has 1 unspecified atom stereocenters. The van der Waals surface area contributed by atoms with Crippen molar-refractivity contribution in [3.63, 3.8) is 0 Å². The fourth-order valence-corrected chi connectivity index (χ4v) is 5.43. The van der Waals surface area contributed by atoms with E-state index in [9.17, 15) is 9.90 Å². The number of nitrogens with zero attached hydrogens (tertiary/aromatic N) is 3. The summed E-state index contributed by atoms with van der Waals surface area (Å²) in [4.78, 5) is 14.9. The maximum Gasteiger partial charge on any atom is 0.251 e. The Morgan fingerprint density at radius 2 is 1.66 bits per heavy atom. The van der Waals surface area contributed by atoms with E-state index in [0.717, 1.165) is 27.6 Å². The van der Waals surface area contributed by atoms with Crippen molar-refractivity contribution >= 4 is 39.9 Å². The van der Waals surface area contributed by atoms with Crippen LogP contribution in [0.3, 0.4) is 0 Å². The minimum atomic E-state index is -1.53. The minimum Gasteiger partial charge on any atom is -0.373 e. The van der Waals surface area contributed by atoms with Crippen LogP contribution in [0, 0.1) is 0 Å². The van der Waals surface area contributed by atoms with Gasteiger partial charge in [-0.2, -0.15) is 5.10 Å². The molecule has 0 bridgehead atoms. The zero-order valence-corrected chi connectivity index (χ0v) is 20.4. The van der Waals surface area contributed by atoms with E-state index < -0.39 is 5.60 Å². The summed E-state index contributed by atoms with van der Waals surface area (Å²) in [5.74, 6) is 0.491. The third kappa shape index (κ3) is 3.44. The van der Waals surface area contributed by atoms with Gasteiger partial charge in [-0.3, -0.25) is 10.2 Å². The Kier molecular flexibility index (Phi) is 5.14. The molecule has 0 saturated carbocycles. The largest absolute Gasteiger partial charge is 0.373 e. The highest BCUT2D eigenvalue weighted by molar-refractivity contribution is 6.31. The third-order valence-electron chi connectivity index (χ3n) is 6.90. The highest BCUT2D eigenvalue weighted by Gasteiger charge is 2.42. The van der Waals surface area contributed by atoms with Crippen molar-refractivity contribution in [1.82, 2.24) is 14.9 Å². The molecule has 2 aliphatic heterocycles. The SMILES string of the molecule is CN1CNN=C1C(O)(c1ccc(Cl)cc1)c1cc2c3c(c1)c(-c1ccc(Cl)cc1)cc(=O)n3CC2. The second-order valence-electron chi connectivity index (χ2n) is 9.00. The summed E-state index contributed by atoms with van der Waals surface area (Å²) in [6, 6.07) is 20.3. The Balaban J connectivity index is 1.66. The van der Waals surface area contributed by atoms with Gasteiger partial charge in [0.2, 0.25) is 0 Å². The molecular weight excluding hydrogens is 483 g/mol. The van der Waals surface area contributed by atoms with Gasteiger partial charge in [-0.25, -0.2) is 0 Å². The maximum absolute atomic E-state index is 13.0. The molecule has 3 aromatic carbocycles. The number of aliphatic hydroxyl groups is 1. The first-order valence-corrected chi connectivity index (χ1v) is 12.1. The molecule has 8 heteroatoms. The van der Waals surface area contributed by atoms with E-state index >= 15 is 0 Å². The van der Waals surface area contributed by atoms with Crippen LogP contribution in [0.2, 0.25) is 10.0 Å². The van der Waals surface area contributed by atoms with Crippen LogP contribution in [0.1, 0.15) is 16.7 Å². The second-order valence-corrected chi connectivity index (χ2v) is 9.88. The van der Waals surface area contributed by atoms with Gasteiger partial charge in [0.05, 0.1) is 5.52 Å². The van der Waals surface area contributed by atoms with Crippen molar-refractivity contribution in [2.45, 2.75) is 18.6 Å². The molecule has 176 valence electrons. The second kappa shape index (κ2) is 8.12. The predicted octanol–water partition coefficient (Wildman–Crippen LogP) is 4.57. The summed E-state index contributed by atoms with van der Waals surface area (Å²) in [5.41, 5.74) is 6.36. The first kappa shape index (κ1) is 22.2. The lowest BCUT2D eigenvalue weighted by Gasteiger charge is -2.33. The van der Waals surface area contributed by atoms with Gasteiger partial charge in [-0.15, -0.1) is 0 Å². The first-order valence-electron chi connectivity index (χ1n) is 11.3. The molecule has 6 nitrogen and oxygen atoms in total. The molecular formula is C27H22Cl2N4O2. The van der Waals surface area contributed by atoms with Crippen LogP contribution in [0.4, 0.5) is 0 Å². The first-order chi connectivity index (χ1) is 16.9. The molecule has 6 rings (SSSR count). The average Bonchev–Trinajstić information content (AvgIpc) is 3.49. The lowest BCUT2D eigenvalue weighted by Crippen LogP contribution is -2.44. The van der Waals surface area contributed by atoms with E-state index in [2.05, 4.69) is 10.5 Å². The average molecular weight is 505 g/mol. The highest BCUT2D eigenvalue weighted by atomic mass is 35.5. The number of amidine groups is 1. The lowest BCUT2D eigenvalue weighted by atomic mass is 9.82. The maximum atomic E-state index is 13.0. The number of pyridine rings is 1. The Morgan fingerprint density at radius 3 is 2.31 bits per heavy atom. The summed E-state index contributed by atoms with van der Waals surface area (Å²) in [6.07, 6.45) is 0.709. The molecule has 35 heavy (non-hydrogen) atoms. The number of hydrazone groups is 1. The minimum absolute atomic E-state index is 0.0361. The highest BCUT2D eigenvalue weighted by Crippen LogP contribution is 2.40. The Labute approximate surface area is 212 Å². The van der Waals surface area contributed by atoms with Crippen molar-refractivity contribution in [2.24, 2.45) is 5.10 Å². The number of likely N-dealkylation sites (N-methyl/N-ethyl adjacent to an activating group) is 1. The Bertz CT molecular complexity index is 1560. The number of hydrogen-bond donors (Lipinski definition) is 2. The van der Waals surface area contributed by atoms with Gasteiger partial charge >= 0.3 is 0 Å². The molecule has 2 N–H and O–H groups in total. The van der Waals surface area contributed by atoms with Gasteiger partial charge in [0.15, 0.2) is 11.4 Å². The molecule has 1 atom stereocenters. The van der Waals surface area contributed by atoms with E-state index in [-0.39, 0.29) is 5.56 Å². The Hall–Kier alpha value is -3.32. The molecule has 4 aromatic rings. The van der Waals surface area contributed by atoms with Crippen LogP contribution >= 0.6 is 23.2 Å². The van der Waals surface area contributed by atoms with Gasteiger partial charge in [-0.05, 0) is 70.6 Å². The van der Waals surface area contributed by atoms with Gasteiger partial charge in [0.1, 0.15) is 6.67 Å². The van der Waals surface area contributed by atoms with Crippen LogP contribution in [0.25, 0.3) is 22.0 Å². The predicted molar refractivity (Wildman–Crippen MR) is 140 cm³/mol. The quantitative estimate of drug-likeness (QED) is 0.427. The topological polar surface area (TPSA) is 69.9 Å². The summed E-state index contributed by atoms with van der Waals surface area (Å²) in [5, 5.41) is 19.0. The van der Waals surface area contributed by atoms with E-state index in [1.807, 2.05) is 65.0 Å². The molecule has 2 aliphatic rings. The zero-order valence-electron chi connectivity index (χ0n) is 18.9. The summed E-state index contributed by atoms with van der Waals surface area (Å²) in [6.45, 7) is 1.10. The van der Waals surface area contributed by atoms with Crippen LogP contribution < -0.4 is 11.0 Å². The molecule has 3 heterocycles. The van der Waals surface area contributed by atoms with Crippen LogP contribution in [0.15, 0.2) is 76.6 Å². The fraction of sp³-hybridized carbons (Fsp3) is 0.185. The molecule has 0 spiro atoms. The molecule has 0 aliphatic carbocycles. The number of aromatic nitrogens is 1. The fourth-order valence-electron chi connectivity index (χ4n) is 5.18. The Morgan fingerprint density at radius 1 is 0.971 bits per heavy atom. The monoisotopic (exact) mass is 504 g/mol. The van der Waals surface area contributed by atoms with E-state index in [1.54, 1.807) is 18.2 Å². The lowest BCUT2D eigenvalue weighted by molar-refractivity contribution is 0.143. The number of aryl methyl sites for hydroxylation is 2. The van der Waals surface area contributed by atoms with E-state index in [4.69, 9.17) is 23.2 Å². The summed E-state index contributed by atoms with van der Waals surface area (Å²) in [7, 11) is 1.89. The number of benzene rings is 3. The summed E-state index contributed by atoms with van der Waals surface area (Å²) >= 11 is 12.3. The smallest absolute Gasteiger partial charge is 0.251 e. The standard InChI is InChI=1S/C27H22Cl2N4O2/c1-32-15-30-31-26(32)27(35,18-4-8-21(29)9-5-18)19-12-17-10-11-33-24(34)14-22(23(13-19)25(17)33)16-2-6-20(28)7-3-16/h2-9,12-14,30,35H,10-11,15H2,1H3. The molecule has 0 saturated heterocycles. The number of nitrogens with one attached hydrogen (secondary N) is 1.